The SMILES string of the molecule is CCc1nc(SCC(=O)Nc2nncs2)n[nH]1. The van der Waals surface area contributed by atoms with Gasteiger partial charge in [0.2, 0.25) is 16.2 Å². The number of thioether (sulfide) groups is 1. The molecular weight excluding hydrogens is 260 g/mol. The molecule has 0 aliphatic heterocycles. The number of rotatable bonds is 5. The molecule has 0 saturated carbocycles. The van der Waals surface area contributed by atoms with Gasteiger partial charge in [-0.25, -0.2) is 4.98 Å². The number of carbonyl (C=O) groups is 1. The molecule has 90 valence electrons. The third-order valence-electron chi connectivity index (χ3n) is 1.78. The molecule has 2 rings (SSSR count). The fraction of sp³-hybridized carbons (Fsp3) is 0.375. The van der Waals surface area contributed by atoms with Crippen molar-refractivity contribution >= 4 is 34.1 Å². The highest BCUT2D eigenvalue weighted by Gasteiger charge is 2.08. The summed E-state index contributed by atoms with van der Waals surface area (Å²) in [6.07, 6.45) is 0.796. The Balaban J connectivity index is 1.79. The summed E-state index contributed by atoms with van der Waals surface area (Å²) in [7, 11) is 0. The van der Waals surface area contributed by atoms with E-state index in [1.165, 1.54) is 23.1 Å². The molecule has 0 spiro atoms. The van der Waals surface area contributed by atoms with Gasteiger partial charge in [0.05, 0.1) is 5.75 Å². The smallest absolute Gasteiger partial charge is 0.236 e. The molecule has 2 heterocycles. The molecule has 0 unspecified atom stereocenters. The largest absolute Gasteiger partial charge is 0.300 e. The number of amides is 1. The van der Waals surface area contributed by atoms with E-state index in [-0.39, 0.29) is 11.7 Å². The number of anilines is 1. The molecule has 0 fully saturated rings. The zero-order valence-electron chi connectivity index (χ0n) is 9.01. The van der Waals surface area contributed by atoms with Crippen molar-refractivity contribution in [3.8, 4) is 0 Å². The van der Waals surface area contributed by atoms with E-state index in [0.717, 1.165) is 12.2 Å². The summed E-state index contributed by atoms with van der Waals surface area (Å²) in [5.41, 5.74) is 1.56. The summed E-state index contributed by atoms with van der Waals surface area (Å²) in [6.45, 7) is 1.98. The summed E-state index contributed by atoms with van der Waals surface area (Å²) in [6, 6.07) is 0. The van der Waals surface area contributed by atoms with E-state index in [1.807, 2.05) is 6.92 Å². The number of hydrogen-bond acceptors (Lipinski definition) is 7. The minimum absolute atomic E-state index is 0.144. The average molecular weight is 270 g/mol. The van der Waals surface area contributed by atoms with Gasteiger partial charge in [-0.3, -0.25) is 15.2 Å². The van der Waals surface area contributed by atoms with E-state index >= 15 is 0 Å². The first-order valence-electron chi connectivity index (χ1n) is 4.88. The van der Waals surface area contributed by atoms with Crippen LogP contribution in [0.25, 0.3) is 0 Å². The fourth-order valence-corrected chi connectivity index (χ4v) is 2.09. The van der Waals surface area contributed by atoms with Gasteiger partial charge in [0.1, 0.15) is 11.3 Å². The van der Waals surface area contributed by atoms with Crippen LogP contribution < -0.4 is 5.32 Å². The van der Waals surface area contributed by atoms with Gasteiger partial charge in [0.25, 0.3) is 0 Å². The van der Waals surface area contributed by atoms with Crippen molar-refractivity contribution in [2.75, 3.05) is 11.1 Å². The van der Waals surface area contributed by atoms with Crippen LogP contribution in [0.2, 0.25) is 0 Å². The lowest BCUT2D eigenvalue weighted by molar-refractivity contribution is -0.113. The maximum absolute atomic E-state index is 11.5. The Bertz CT molecular complexity index is 482. The number of nitrogens with one attached hydrogen (secondary N) is 2. The van der Waals surface area contributed by atoms with E-state index < -0.39 is 0 Å². The second kappa shape index (κ2) is 5.73. The van der Waals surface area contributed by atoms with Crippen LogP contribution in [0.4, 0.5) is 5.13 Å². The molecule has 0 aliphatic rings. The maximum Gasteiger partial charge on any atom is 0.236 e. The molecular formula is C8H10N6OS2. The molecule has 0 radical (unpaired) electrons. The fourth-order valence-electron chi connectivity index (χ4n) is 1.01. The van der Waals surface area contributed by atoms with Crippen LogP contribution in [0.15, 0.2) is 10.7 Å². The van der Waals surface area contributed by atoms with Crippen LogP contribution in [0.5, 0.6) is 0 Å². The van der Waals surface area contributed by atoms with Crippen molar-refractivity contribution in [2.24, 2.45) is 0 Å². The van der Waals surface area contributed by atoms with Gasteiger partial charge in [-0.05, 0) is 0 Å². The quantitative estimate of drug-likeness (QED) is 0.785. The molecule has 9 heteroatoms. The van der Waals surface area contributed by atoms with Gasteiger partial charge < -0.3 is 0 Å². The molecule has 0 atom stereocenters. The van der Waals surface area contributed by atoms with Gasteiger partial charge in [-0.1, -0.05) is 30.0 Å². The summed E-state index contributed by atoms with van der Waals surface area (Å²) in [5, 5.41) is 17.8. The molecule has 7 nitrogen and oxygen atoms in total. The lowest BCUT2D eigenvalue weighted by Gasteiger charge is -1.97. The first-order chi connectivity index (χ1) is 8.28. The summed E-state index contributed by atoms with van der Waals surface area (Å²) in [5.74, 6) is 0.923. The first kappa shape index (κ1) is 12.0. The summed E-state index contributed by atoms with van der Waals surface area (Å²) >= 11 is 2.56. The molecule has 0 aliphatic carbocycles. The lowest BCUT2D eigenvalue weighted by Crippen LogP contribution is -2.13. The highest BCUT2D eigenvalue weighted by molar-refractivity contribution is 7.99. The van der Waals surface area contributed by atoms with Crippen molar-refractivity contribution in [1.29, 1.82) is 0 Å². The Morgan fingerprint density at radius 3 is 3.18 bits per heavy atom. The Labute approximate surface area is 105 Å². The zero-order chi connectivity index (χ0) is 12.1. The Hall–Kier alpha value is -1.48. The van der Waals surface area contributed by atoms with Crippen molar-refractivity contribution in [1.82, 2.24) is 25.4 Å². The number of nitrogens with zero attached hydrogens (tertiary/aromatic N) is 4. The van der Waals surface area contributed by atoms with Crippen LogP contribution in [-0.2, 0) is 11.2 Å². The van der Waals surface area contributed by atoms with Crippen LogP contribution in [-0.4, -0.2) is 37.0 Å². The van der Waals surface area contributed by atoms with Crippen molar-refractivity contribution < 1.29 is 4.79 Å². The Morgan fingerprint density at radius 2 is 2.53 bits per heavy atom. The number of hydrogen-bond donors (Lipinski definition) is 2. The highest BCUT2D eigenvalue weighted by atomic mass is 32.2. The van der Waals surface area contributed by atoms with Crippen LogP contribution in [0.1, 0.15) is 12.7 Å². The Morgan fingerprint density at radius 1 is 1.65 bits per heavy atom. The van der Waals surface area contributed by atoms with Gasteiger partial charge in [-0.15, -0.1) is 15.3 Å². The number of carbonyl (C=O) groups excluding carboxylic acids is 1. The molecule has 2 N–H and O–H groups in total. The summed E-state index contributed by atoms with van der Waals surface area (Å²) < 4.78 is 0. The van der Waals surface area contributed by atoms with E-state index in [2.05, 4.69) is 30.7 Å². The third kappa shape index (κ3) is 3.49. The normalized spacial score (nSPS) is 10.4. The van der Waals surface area contributed by atoms with E-state index in [9.17, 15) is 4.79 Å². The highest BCUT2D eigenvalue weighted by Crippen LogP contribution is 2.14. The first-order valence-corrected chi connectivity index (χ1v) is 6.74. The maximum atomic E-state index is 11.5. The van der Waals surface area contributed by atoms with E-state index in [1.54, 1.807) is 5.51 Å². The average Bonchev–Trinajstić information content (AvgIpc) is 2.96. The van der Waals surface area contributed by atoms with Crippen molar-refractivity contribution in [3.63, 3.8) is 0 Å². The molecule has 17 heavy (non-hydrogen) atoms. The van der Waals surface area contributed by atoms with Crippen LogP contribution in [0, 0.1) is 0 Å². The molecule has 0 bridgehead atoms. The monoisotopic (exact) mass is 270 g/mol. The molecule has 2 aromatic rings. The standard InChI is InChI=1S/C8H10N6OS2/c1-2-5-10-7(14-12-5)16-3-6(15)11-8-13-9-4-17-8/h4H,2-3H2,1H3,(H,10,12,14)(H,11,13,15). The Kier molecular flexibility index (Phi) is 4.04. The van der Waals surface area contributed by atoms with Crippen molar-refractivity contribution in [3.05, 3.63) is 11.3 Å². The topological polar surface area (TPSA) is 96.5 Å². The van der Waals surface area contributed by atoms with E-state index in [0.29, 0.717) is 10.3 Å². The minimum atomic E-state index is -0.144. The third-order valence-corrected chi connectivity index (χ3v) is 3.24. The number of aryl methyl sites for hydroxylation is 1. The minimum Gasteiger partial charge on any atom is -0.300 e. The molecule has 2 aromatic heterocycles. The van der Waals surface area contributed by atoms with Gasteiger partial charge >= 0.3 is 0 Å². The zero-order valence-corrected chi connectivity index (χ0v) is 10.6. The molecule has 0 aromatic carbocycles. The van der Waals surface area contributed by atoms with E-state index in [4.69, 9.17) is 0 Å². The van der Waals surface area contributed by atoms with Crippen molar-refractivity contribution in [2.45, 2.75) is 18.5 Å². The predicted octanol–water partition coefficient (Wildman–Crippen LogP) is 0.949. The number of H-pyrrole nitrogens is 1. The number of aromatic amines is 1. The van der Waals surface area contributed by atoms with Gasteiger partial charge in [0, 0.05) is 6.42 Å². The second-order valence-corrected chi connectivity index (χ2v) is 4.77. The lowest BCUT2D eigenvalue weighted by atomic mass is 10.5. The van der Waals surface area contributed by atoms with Crippen LogP contribution >= 0.6 is 23.1 Å². The number of aromatic nitrogens is 5. The van der Waals surface area contributed by atoms with Gasteiger partial charge in [0.15, 0.2) is 0 Å². The predicted molar refractivity (Wildman–Crippen MR) is 65.0 cm³/mol. The van der Waals surface area contributed by atoms with Crippen LogP contribution in [0.3, 0.4) is 0 Å². The second-order valence-electron chi connectivity index (χ2n) is 3.00. The van der Waals surface area contributed by atoms with Gasteiger partial charge in [-0.2, -0.15) is 0 Å². The molecule has 0 saturated heterocycles. The summed E-state index contributed by atoms with van der Waals surface area (Å²) in [4.78, 5) is 15.7. The molecule has 1 amide bonds.